The lowest BCUT2D eigenvalue weighted by molar-refractivity contribution is -0.241. The van der Waals surface area contributed by atoms with Gasteiger partial charge in [0.1, 0.15) is 0 Å². The molecule has 0 radical (unpaired) electrons. The van der Waals surface area contributed by atoms with Crippen molar-refractivity contribution in [2.24, 2.45) is 0 Å². The Bertz CT molecular complexity index is 124. The second kappa shape index (κ2) is 24.5. The van der Waals surface area contributed by atoms with E-state index in [-0.39, 0.29) is 5.97 Å². The van der Waals surface area contributed by atoms with E-state index in [0.717, 1.165) is 19.3 Å². The number of carbonyl (C=O) groups excluding carboxylic acids is 1. The monoisotopic (exact) mass is 252 g/mol. The summed E-state index contributed by atoms with van der Waals surface area (Å²) >= 11 is 0. The van der Waals surface area contributed by atoms with Gasteiger partial charge in [0.25, 0.3) is 0 Å². The largest absolute Gasteiger partial charge is 0.466 e. The van der Waals surface area contributed by atoms with E-state index in [1.807, 2.05) is 20.8 Å². The fourth-order valence-corrected chi connectivity index (χ4v) is 0.409. The van der Waals surface area contributed by atoms with Crippen LogP contribution in [0, 0.1) is 0 Å². The van der Waals surface area contributed by atoms with Crippen LogP contribution in [-0.2, 0) is 14.4 Å². The first-order valence-corrected chi connectivity index (χ1v) is 6.17. The summed E-state index contributed by atoms with van der Waals surface area (Å²) in [6.07, 6.45) is 3.14. The molecule has 0 heterocycles. The number of hydrogen-bond acceptors (Lipinski definition) is 5. The molecule has 0 rings (SSSR count). The molecule has 0 fully saturated rings. The molecule has 106 valence electrons. The molecule has 0 aromatic rings. The van der Waals surface area contributed by atoms with Gasteiger partial charge >= 0.3 is 5.97 Å². The highest BCUT2D eigenvalue weighted by molar-refractivity contribution is 5.68. The molecular weight excluding hydrogens is 224 g/mol. The summed E-state index contributed by atoms with van der Waals surface area (Å²) in [5.41, 5.74) is 0. The molecule has 0 atom stereocenters. The van der Waals surface area contributed by atoms with Crippen LogP contribution < -0.4 is 0 Å². The molecule has 5 heteroatoms. The van der Waals surface area contributed by atoms with Crippen molar-refractivity contribution in [3.63, 3.8) is 0 Å². The van der Waals surface area contributed by atoms with E-state index in [1.54, 1.807) is 6.92 Å². The first-order valence-electron chi connectivity index (χ1n) is 6.17. The van der Waals surface area contributed by atoms with E-state index < -0.39 is 0 Å². The summed E-state index contributed by atoms with van der Waals surface area (Å²) in [5, 5.41) is 15.4. The lowest BCUT2D eigenvalue weighted by atomic mass is 10.5. The highest BCUT2D eigenvalue weighted by atomic mass is 17.1. The van der Waals surface area contributed by atoms with Gasteiger partial charge in [0, 0.05) is 13.0 Å². The molecule has 0 aliphatic rings. The summed E-state index contributed by atoms with van der Waals surface area (Å²) < 4.78 is 4.70. The average molecular weight is 252 g/mol. The van der Waals surface area contributed by atoms with Gasteiger partial charge in [-0.1, -0.05) is 27.7 Å². The van der Waals surface area contributed by atoms with Gasteiger partial charge in [0.2, 0.25) is 0 Å². The molecule has 0 spiro atoms. The molecule has 0 amide bonds. The van der Waals surface area contributed by atoms with Crippen LogP contribution in [0.5, 0.6) is 0 Å². The fraction of sp³-hybridized carbons (Fsp3) is 0.917. The summed E-state index contributed by atoms with van der Waals surface area (Å²) in [6, 6.07) is 0. The van der Waals surface area contributed by atoms with Gasteiger partial charge in [-0.15, -0.1) is 0 Å². The Hall–Kier alpha value is -0.650. The summed E-state index contributed by atoms with van der Waals surface area (Å²) in [6.45, 7) is 8.95. The van der Waals surface area contributed by atoms with Crippen molar-refractivity contribution in [3.8, 4) is 0 Å². The lowest BCUT2D eigenvalue weighted by Crippen LogP contribution is -2.02. The van der Waals surface area contributed by atoms with Gasteiger partial charge < -0.3 is 9.84 Å². The summed E-state index contributed by atoms with van der Waals surface area (Å²) in [7, 11) is 0. The fourth-order valence-electron chi connectivity index (χ4n) is 0.409. The Morgan fingerprint density at radius 1 is 1.00 bits per heavy atom. The number of ether oxygens (including phenoxy) is 1. The Morgan fingerprint density at radius 2 is 1.47 bits per heavy atom. The third-order valence-electron chi connectivity index (χ3n) is 1.27. The molecule has 0 saturated heterocycles. The van der Waals surface area contributed by atoms with Crippen LogP contribution in [0.4, 0.5) is 0 Å². The van der Waals surface area contributed by atoms with E-state index in [2.05, 4.69) is 4.89 Å². The first-order chi connectivity index (χ1) is 8.14. The minimum Gasteiger partial charge on any atom is -0.466 e. The predicted molar refractivity (Wildman–Crippen MR) is 67.8 cm³/mol. The highest BCUT2D eigenvalue weighted by Crippen LogP contribution is 1.85. The predicted octanol–water partition coefficient (Wildman–Crippen LogP) is 2.62. The van der Waals surface area contributed by atoms with Crippen molar-refractivity contribution in [1.29, 1.82) is 0 Å². The van der Waals surface area contributed by atoms with Gasteiger partial charge in [0.05, 0.1) is 13.2 Å². The Labute approximate surface area is 105 Å². The summed E-state index contributed by atoms with van der Waals surface area (Å²) in [4.78, 5) is 14.0. The zero-order valence-electron chi connectivity index (χ0n) is 11.6. The maximum absolute atomic E-state index is 10.3. The first kappa shape index (κ1) is 21.6. The molecule has 5 nitrogen and oxygen atoms in total. The number of esters is 1. The average Bonchev–Trinajstić information content (AvgIpc) is 2.37. The molecule has 0 unspecified atom stereocenters. The molecule has 0 aromatic carbocycles. The third-order valence-corrected chi connectivity index (χ3v) is 1.27. The van der Waals surface area contributed by atoms with Crippen LogP contribution in [0.15, 0.2) is 0 Å². The van der Waals surface area contributed by atoms with Gasteiger partial charge in [0.15, 0.2) is 0 Å². The quantitative estimate of drug-likeness (QED) is 0.432. The number of carbonyl (C=O) groups is 1. The number of rotatable bonds is 6. The van der Waals surface area contributed by atoms with Gasteiger partial charge in [-0.05, 0) is 19.3 Å². The zero-order valence-corrected chi connectivity index (χ0v) is 11.6. The minimum atomic E-state index is -0.105. The molecule has 0 aromatic heterocycles. The van der Waals surface area contributed by atoms with Crippen molar-refractivity contribution in [2.75, 3.05) is 19.8 Å². The lowest BCUT2D eigenvalue weighted by Gasteiger charge is -1.97. The van der Waals surface area contributed by atoms with Gasteiger partial charge in [-0.25, -0.2) is 4.89 Å². The molecule has 2 N–H and O–H groups in total. The molecule has 0 bridgehead atoms. The van der Waals surface area contributed by atoms with E-state index in [4.69, 9.17) is 15.1 Å². The Kier molecular flexibility index (Phi) is 31.2. The van der Waals surface area contributed by atoms with Crippen molar-refractivity contribution in [2.45, 2.75) is 53.4 Å². The SMILES string of the molecule is CCCO.CCCOC(=O)CC.CCCOO. The normalized spacial score (nSPS) is 8.35. The van der Waals surface area contributed by atoms with E-state index in [9.17, 15) is 4.79 Å². The topological polar surface area (TPSA) is 76.0 Å². The van der Waals surface area contributed by atoms with Crippen LogP contribution in [0.1, 0.15) is 53.4 Å². The van der Waals surface area contributed by atoms with Crippen LogP contribution in [-0.4, -0.2) is 36.2 Å². The van der Waals surface area contributed by atoms with Crippen LogP contribution in [0.25, 0.3) is 0 Å². The van der Waals surface area contributed by atoms with Crippen LogP contribution in [0.3, 0.4) is 0 Å². The summed E-state index contributed by atoms with van der Waals surface area (Å²) in [5.74, 6) is -0.105. The number of aliphatic hydroxyl groups is 1. The number of aliphatic hydroxyl groups excluding tert-OH is 1. The maximum atomic E-state index is 10.3. The van der Waals surface area contributed by atoms with Gasteiger partial charge in [-0.3, -0.25) is 10.1 Å². The van der Waals surface area contributed by atoms with Crippen molar-refractivity contribution in [1.82, 2.24) is 0 Å². The molecule has 0 aliphatic carbocycles. The van der Waals surface area contributed by atoms with Crippen molar-refractivity contribution >= 4 is 5.97 Å². The third kappa shape index (κ3) is 39.2. The smallest absolute Gasteiger partial charge is 0.305 e. The van der Waals surface area contributed by atoms with Crippen molar-refractivity contribution in [3.05, 3.63) is 0 Å². The Morgan fingerprint density at radius 3 is 1.65 bits per heavy atom. The minimum absolute atomic E-state index is 0.105. The molecule has 17 heavy (non-hydrogen) atoms. The number of hydrogen-bond donors (Lipinski definition) is 2. The second-order valence-electron chi connectivity index (χ2n) is 3.13. The molecular formula is C12H28O5. The van der Waals surface area contributed by atoms with E-state index >= 15 is 0 Å². The van der Waals surface area contributed by atoms with E-state index in [0.29, 0.717) is 26.2 Å². The van der Waals surface area contributed by atoms with Crippen LogP contribution >= 0.6 is 0 Å². The van der Waals surface area contributed by atoms with Crippen molar-refractivity contribution < 1.29 is 24.8 Å². The van der Waals surface area contributed by atoms with E-state index in [1.165, 1.54) is 0 Å². The Balaban J connectivity index is -0.000000188. The highest BCUT2D eigenvalue weighted by Gasteiger charge is 1.93. The molecule has 0 aliphatic heterocycles. The standard InChI is InChI=1S/C6H12O2.C3H8O2.C3H8O/c1-3-5-8-6(7)4-2;1-2-3-5-4;1-2-3-4/h3-5H2,1-2H3;4H,2-3H2,1H3;4H,2-3H2,1H3. The van der Waals surface area contributed by atoms with Crippen LogP contribution in [0.2, 0.25) is 0 Å². The van der Waals surface area contributed by atoms with Gasteiger partial charge in [-0.2, -0.15) is 0 Å². The molecule has 0 saturated carbocycles. The second-order valence-corrected chi connectivity index (χ2v) is 3.13. The maximum Gasteiger partial charge on any atom is 0.305 e. The zero-order chi connectivity index (χ0) is 13.9.